The number of carbonyl (C=O) groups is 1. The summed E-state index contributed by atoms with van der Waals surface area (Å²) in [6.07, 6.45) is 3.83. The van der Waals surface area contributed by atoms with Crippen LogP contribution in [-0.4, -0.2) is 24.8 Å². The Morgan fingerprint density at radius 2 is 2.18 bits per heavy atom. The van der Waals surface area contributed by atoms with Gasteiger partial charge < -0.3 is 9.84 Å². The van der Waals surface area contributed by atoms with E-state index in [0.717, 1.165) is 32.3 Å². The van der Waals surface area contributed by atoms with Crippen molar-refractivity contribution in [2.24, 2.45) is 23.2 Å². The first-order valence-electron chi connectivity index (χ1n) is 6.59. The second kappa shape index (κ2) is 5.85. The minimum atomic E-state index is -0.616. The van der Waals surface area contributed by atoms with Crippen LogP contribution in [0.2, 0.25) is 0 Å². The second-order valence-corrected chi connectivity index (χ2v) is 6.27. The highest BCUT2D eigenvalue weighted by Crippen LogP contribution is 2.45. The Kier molecular flexibility index (Phi) is 4.99. The van der Waals surface area contributed by atoms with Crippen molar-refractivity contribution in [3.8, 4) is 0 Å². The van der Waals surface area contributed by atoms with Gasteiger partial charge in [-0.05, 0) is 42.9 Å². The number of rotatable bonds is 5. The quantitative estimate of drug-likeness (QED) is 0.805. The molecule has 0 aromatic heterocycles. The fraction of sp³-hybridized carbons (Fsp3) is 0.929. The monoisotopic (exact) mass is 242 g/mol. The molecule has 1 saturated carbocycles. The van der Waals surface area contributed by atoms with Crippen LogP contribution >= 0.6 is 0 Å². The molecule has 17 heavy (non-hydrogen) atoms. The minimum Gasteiger partial charge on any atom is -0.481 e. The molecule has 3 unspecified atom stereocenters. The average Bonchev–Trinajstić information content (AvgIpc) is 2.24. The first kappa shape index (κ1) is 14.5. The molecule has 0 spiro atoms. The van der Waals surface area contributed by atoms with Gasteiger partial charge in [0, 0.05) is 13.7 Å². The summed E-state index contributed by atoms with van der Waals surface area (Å²) in [6, 6.07) is 0. The lowest BCUT2D eigenvalue weighted by Crippen LogP contribution is -2.37. The van der Waals surface area contributed by atoms with Crippen molar-refractivity contribution in [1.29, 1.82) is 0 Å². The summed E-state index contributed by atoms with van der Waals surface area (Å²) in [4.78, 5) is 11.3. The van der Waals surface area contributed by atoms with Crippen LogP contribution in [0, 0.1) is 23.2 Å². The summed E-state index contributed by atoms with van der Waals surface area (Å²) in [7, 11) is 1.70. The predicted molar refractivity (Wildman–Crippen MR) is 67.9 cm³/mol. The molecule has 1 rings (SSSR count). The standard InChI is InChI=1S/C14H26O3/c1-10(6-8-17-4)12-9-14(2,3)7-5-11(12)13(15)16/h10-12H,5-9H2,1-4H3,(H,15,16). The third kappa shape index (κ3) is 3.98. The number of hydrogen-bond donors (Lipinski definition) is 1. The van der Waals surface area contributed by atoms with E-state index in [0.29, 0.717) is 11.8 Å². The zero-order valence-electron chi connectivity index (χ0n) is 11.5. The summed E-state index contributed by atoms with van der Waals surface area (Å²) >= 11 is 0. The molecule has 3 heteroatoms. The van der Waals surface area contributed by atoms with Crippen LogP contribution < -0.4 is 0 Å². The third-order valence-corrected chi connectivity index (χ3v) is 4.26. The maximum atomic E-state index is 11.3. The van der Waals surface area contributed by atoms with Gasteiger partial charge in [-0.1, -0.05) is 20.8 Å². The summed E-state index contributed by atoms with van der Waals surface area (Å²) < 4.78 is 5.10. The minimum absolute atomic E-state index is 0.158. The van der Waals surface area contributed by atoms with Gasteiger partial charge in [-0.3, -0.25) is 4.79 Å². The SMILES string of the molecule is COCCC(C)C1CC(C)(C)CCC1C(=O)O. The van der Waals surface area contributed by atoms with Gasteiger partial charge in [-0.15, -0.1) is 0 Å². The molecular formula is C14H26O3. The van der Waals surface area contributed by atoms with Crippen LogP contribution in [0.1, 0.15) is 46.5 Å². The Balaban J connectivity index is 2.69. The van der Waals surface area contributed by atoms with Crippen molar-refractivity contribution in [1.82, 2.24) is 0 Å². The van der Waals surface area contributed by atoms with Crippen molar-refractivity contribution in [2.45, 2.75) is 46.5 Å². The molecule has 0 aromatic carbocycles. The van der Waals surface area contributed by atoms with Crippen LogP contribution in [0.4, 0.5) is 0 Å². The molecule has 0 saturated heterocycles. The molecule has 0 amide bonds. The molecular weight excluding hydrogens is 216 g/mol. The van der Waals surface area contributed by atoms with E-state index >= 15 is 0 Å². The van der Waals surface area contributed by atoms with E-state index in [-0.39, 0.29) is 11.3 Å². The Morgan fingerprint density at radius 3 is 2.71 bits per heavy atom. The Morgan fingerprint density at radius 1 is 1.53 bits per heavy atom. The first-order chi connectivity index (χ1) is 7.87. The molecule has 3 atom stereocenters. The van der Waals surface area contributed by atoms with Crippen molar-refractivity contribution >= 4 is 5.97 Å². The highest BCUT2D eigenvalue weighted by Gasteiger charge is 2.40. The molecule has 1 aliphatic carbocycles. The molecule has 100 valence electrons. The maximum absolute atomic E-state index is 11.3. The van der Waals surface area contributed by atoms with E-state index in [2.05, 4.69) is 20.8 Å². The van der Waals surface area contributed by atoms with Gasteiger partial charge in [0.2, 0.25) is 0 Å². The highest BCUT2D eigenvalue weighted by molar-refractivity contribution is 5.70. The van der Waals surface area contributed by atoms with Gasteiger partial charge in [0.25, 0.3) is 0 Å². The van der Waals surface area contributed by atoms with Gasteiger partial charge in [0.15, 0.2) is 0 Å². The fourth-order valence-corrected chi connectivity index (χ4v) is 3.06. The number of aliphatic carboxylic acids is 1. The largest absolute Gasteiger partial charge is 0.481 e. The molecule has 0 aromatic rings. The zero-order valence-corrected chi connectivity index (χ0v) is 11.5. The van der Waals surface area contributed by atoms with Gasteiger partial charge in [-0.25, -0.2) is 0 Å². The van der Waals surface area contributed by atoms with E-state index in [1.54, 1.807) is 7.11 Å². The number of carboxylic acids is 1. The lowest BCUT2D eigenvalue weighted by Gasteiger charge is -2.41. The van der Waals surface area contributed by atoms with Crippen molar-refractivity contribution in [2.75, 3.05) is 13.7 Å². The topological polar surface area (TPSA) is 46.5 Å². The van der Waals surface area contributed by atoms with Crippen LogP contribution in [0.3, 0.4) is 0 Å². The van der Waals surface area contributed by atoms with Crippen molar-refractivity contribution < 1.29 is 14.6 Å². The lowest BCUT2D eigenvalue weighted by atomic mass is 9.63. The van der Waals surface area contributed by atoms with Crippen LogP contribution in [0.5, 0.6) is 0 Å². The van der Waals surface area contributed by atoms with E-state index in [9.17, 15) is 9.90 Å². The maximum Gasteiger partial charge on any atom is 0.306 e. The number of carboxylic acid groups (broad SMARTS) is 1. The third-order valence-electron chi connectivity index (χ3n) is 4.26. The van der Waals surface area contributed by atoms with Crippen molar-refractivity contribution in [3.63, 3.8) is 0 Å². The molecule has 0 radical (unpaired) electrons. The molecule has 1 N–H and O–H groups in total. The molecule has 1 aliphatic rings. The fourth-order valence-electron chi connectivity index (χ4n) is 3.06. The molecule has 0 heterocycles. The van der Waals surface area contributed by atoms with Gasteiger partial charge in [-0.2, -0.15) is 0 Å². The van der Waals surface area contributed by atoms with Gasteiger partial charge >= 0.3 is 5.97 Å². The molecule has 3 nitrogen and oxygen atoms in total. The van der Waals surface area contributed by atoms with Gasteiger partial charge in [0.1, 0.15) is 0 Å². The van der Waals surface area contributed by atoms with Crippen LogP contribution in [0.15, 0.2) is 0 Å². The normalized spacial score (nSPS) is 29.9. The molecule has 0 aliphatic heterocycles. The average molecular weight is 242 g/mol. The Bertz CT molecular complexity index is 260. The van der Waals surface area contributed by atoms with E-state index < -0.39 is 5.97 Å². The summed E-state index contributed by atoms with van der Waals surface area (Å²) in [6.45, 7) is 7.40. The van der Waals surface area contributed by atoms with Crippen LogP contribution in [-0.2, 0) is 9.53 Å². The predicted octanol–water partition coefficient (Wildman–Crippen LogP) is 3.19. The summed E-state index contributed by atoms with van der Waals surface area (Å²) in [5.41, 5.74) is 0.290. The summed E-state index contributed by atoms with van der Waals surface area (Å²) in [5.74, 6) is -0.0494. The van der Waals surface area contributed by atoms with E-state index in [4.69, 9.17) is 4.74 Å². The number of ether oxygens (including phenoxy) is 1. The lowest BCUT2D eigenvalue weighted by molar-refractivity contribution is -0.147. The second-order valence-electron chi connectivity index (χ2n) is 6.27. The number of methoxy groups -OCH3 is 1. The Labute approximate surface area is 105 Å². The van der Waals surface area contributed by atoms with Gasteiger partial charge in [0.05, 0.1) is 5.92 Å². The summed E-state index contributed by atoms with van der Waals surface area (Å²) in [5, 5.41) is 9.32. The smallest absolute Gasteiger partial charge is 0.306 e. The highest BCUT2D eigenvalue weighted by atomic mass is 16.5. The zero-order chi connectivity index (χ0) is 13.1. The van der Waals surface area contributed by atoms with E-state index in [1.807, 2.05) is 0 Å². The Hall–Kier alpha value is -0.570. The molecule has 0 bridgehead atoms. The molecule has 1 fully saturated rings. The first-order valence-corrected chi connectivity index (χ1v) is 6.59. The van der Waals surface area contributed by atoms with E-state index in [1.165, 1.54) is 0 Å². The number of hydrogen-bond acceptors (Lipinski definition) is 2. The van der Waals surface area contributed by atoms with Crippen molar-refractivity contribution in [3.05, 3.63) is 0 Å². The van der Waals surface area contributed by atoms with Crippen LogP contribution in [0.25, 0.3) is 0 Å².